The Morgan fingerprint density at radius 2 is 1.57 bits per heavy atom. The molecule has 0 radical (unpaired) electrons. The lowest BCUT2D eigenvalue weighted by Gasteiger charge is -2.24. The van der Waals surface area contributed by atoms with Crippen molar-refractivity contribution in [3.8, 4) is 5.75 Å². The Kier molecular flexibility index (Phi) is 7.90. The molecule has 0 bridgehead atoms. The maximum Gasteiger partial charge on any atom is 0.122 e. The summed E-state index contributed by atoms with van der Waals surface area (Å²) in [4.78, 5) is 4.88. The molecule has 2 aromatic rings. The highest BCUT2D eigenvalue weighted by atomic mass is 16.5. The molecule has 3 rings (SSSR count). The van der Waals surface area contributed by atoms with Crippen molar-refractivity contribution in [3.05, 3.63) is 65.7 Å². The average molecular weight is 383 g/mol. The largest absolute Gasteiger partial charge is 0.491 e. The maximum absolute atomic E-state index is 10.5. The van der Waals surface area contributed by atoms with Crippen LogP contribution in [0.4, 0.5) is 0 Å². The van der Waals surface area contributed by atoms with Gasteiger partial charge in [-0.3, -0.25) is 9.80 Å². The van der Waals surface area contributed by atoms with Crippen LogP contribution >= 0.6 is 0 Å². The summed E-state index contributed by atoms with van der Waals surface area (Å²) in [7, 11) is 0. The number of ether oxygens (including phenoxy) is 1. The van der Waals surface area contributed by atoms with E-state index in [-0.39, 0.29) is 0 Å². The van der Waals surface area contributed by atoms with E-state index in [1.54, 1.807) is 0 Å². The molecule has 1 unspecified atom stereocenters. The molecule has 0 aromatic heterocycles. The van der Waals surface area contributed by atoms with Gasteiger partial charge in [0.1, 0.15) is 18.5 Å². The summed E-state index contributed by atoms with van der Waals surface area (Å²) < 4.78 is 5.95. The van der Waals surface area contributed by atoms with E-state index in [2.05, 4.69) is 60.0 Å². The van der Waals surface area contributed by atoms with E-state index in [1.165, 1.54) is 11.1 Å². The Labute approximate surface area is 169 Å². The lowest BCUT2D eigenvalue weighted by molar-refractivity contribution is 0.0688. The van der Waals surface area contributed by atoms with Crippen molar-refractivity contribution in [2.24, 2.45) is 0 Å². The predicted octanol–water partition coefficient (Wildman–Crippen LogP) is 3.76. The molecule has 1 aliphatic rings. The fraction of sp³-hybridized carbons (Fsp3) is 0.500. The van der Waals surface area contributed by atoms with Crippen molar-refractivity contribution in [3.63, 3.8) is 0 Å². The normalized spacial score (nSPS) is 17.4. The molecular weight excluding hydrogens is 348 g/mol. The number of aliphatic hydroxyl groups is 1. The van der Waals surface area contributed by atoms with Crippen LogP contribution in [0.5, 0.6) is 5.75 Å². The van der Waals surface area contributed by atoms with Crippen molar-refractivity contribution in [1.29, 1.82) is 0 Å². The molecule has 0 spiro atoms. The highest BCUT2D eigenvalue weighted by molar-refractivity contribution is 5.35. The Hall–Kier alpha value is -1.88. The van der Waals surface area contributed by atoms with E-state index in [0.717, 1.165) is 44.9 Å². The van der Waals surface area contributed by atoms with Gasteiger partial charge in [0.25, 0.3) is 0 Å². The molecule has 4 heteroatoms. The zero-order valence-electron chi connectivity index (χ0n) is 17.3. The fourth-order valence-electron chi connectivity index (χ4n) is 3.83. The average Bonchev–Trinajstić information content (AvgIpc) is 2.92. The summed E-state index contributed by atoms with van der Waals surface area (Å²) in [5.41, 5.74) is 2.56. The van der Waals surface area contributed by atoms with Gasteiger partial charge in [0.2, 0.25) is 0 Å². The predicted molar refractivity (Wildman–Crippen MR) is 115 cm³/mol. The van der Waals surface area contributed by atoms with E-state index < -0.39 is 6.10 Å². The summed E-state index contributed by atoms with van der Waals surface area (Å²) in [6, 6.07) is 18.8. The Morgan fingerprint density at radius 1 is 0.893 bits per heavy atom. The molecule has 1 aliphatic heterocycles. The van der Waals surface area contributed by atoms with Gasteiger partial charge in [-0.25, -0.2) is 0 Å². The quantitative estimate of drug-likeness (QED) is 0.754. The molecule has 0 amide bonds. The van der Waals surface area contributed by atoms with Gasteiger partial charge in [-0.2, -0.15) is 0 Å². The second kappa shape index (κ2) is 10.6. The van der Waals surface area contributed by atoms with E-state index >= 15 is 0 Å². The number of hydrogen-bond acceptors (Lipinski definition) is 4. The number of β-amino-alcohol motifs (C(OH)–C–C–N with tert-alkyl or cyclic N) is 1. The first-order valence-electron chi connectivity index (χ1n) is 10.5. The van der Waals surface area contributed by atoms with Crippen LogP contribution in [0.1, 0.15) is 37.3 Å². The van der Waals surface area contributed by atoms with E-state index in [4.69, 9.17) is 4.74 Å². The number of para-hydroxylation sites is 1. The van der Waals surface area contributed by atoms with Crippen molar-refractivity contribution in [2.45, 2.75) is 38.8 Å². The molecule has 0 aliphatic carbocycles. The molecule has 1 atom stereocenters. The molecule has 1 N–H and O–H groups in total. The third kappa shape index (κ3) is 6.33. The smallest absolute Gasteiger partial charge is 0.122 e. The third-order valence-corrected chi connectivity index (χ3v) is 5.37. The Balaban J connectivity index is 1.44. The van der Waals surface area contributed by atoms with Crippen molar-refractivity contribution < 1.29 is 9.84 Å². The van der Waals surface area contributed by atoms with Gasteiger partial charge in [-0.1, -0.05) is 62.4 Å². The minimum absolute atomic E-state index is 0.341. The molecule has 2 aromatic carbocycles. The standard InChI is InChI=1S/C24H34N2O2/c1-20(2)23-11-6-7-12-24(23)28-19-22(27)18-26-14-8-13-25(15-16-26)17-21-9-4-3-5-10-21/h3-7,9-12,20,22,27H,8,13-19H2,1-2H3. The number of nitrogens with zero attached hydrogens (tertiary/aromatic N) is 2. The summed E-state index contributed by atoms with van der Waals surface area (Å²) >= 11 is 0. The van der Waals surface area contributed by atoms with Gasteiger partial charge < -0.3 is 9.84 Å². The van der Waals surface area contributed by atoms with Crippen LogP contribution in [-0.2, 0) is 6.54 Å². The second-order valence-corrected chi connectivity index (χ2v) is 8.07. The molecule has 28 heavy (non-hydrogen) atoms. The Morgan fingerprint density at radius 3 is 2.36 bits per heavy atom. The van der Waals surface area contributed by atoms with E-state index in [1.807, 2.05) is 18.2 Å². The lowest BCUT2D eigenvalue weighted by atomic mass is 10.0. The summed E-state index contributed by atoms with van der Waals surface area (Å²) in [5.74, 6) is 1.30. The monoisotopic (exact) mass is 382 g/mol. The van der Waals surface area contributed by atoms with Gasteiger partial charge in [0, 0.05) is 26.2 Å². The van der Waals surface area contributed by atoms with Gasteiger partial charge in [-0.05, 0) is 42.6 Å². The van der Waals surface area contributed by atoms with Crippen molar-refractivity contribution >= 4 is 0 Å². The SMILES string of the molecule is CC(C)c1ccccc1OCC(O)CN1CCCN(Cc2ccccc2)CC1. The summed E-state index contributed by atoms with van der Waals surface area (Å²) in [5, 5.41) is 10.5. The van der Waals surface area contributed by atoms with Gasteiger partial charge >= 0.3 is 0 Å². The molecule has 152 valence electrons. The van der Waals surface area contributed by atoms with Gasteiger partial charge in [0.15, 0.2) is 0 Å². The number of aliphatic hydroxyl groups excluding tert-OH is 1. The van der Waals surface area contributed by atoms with Crippen LogP contribution < -0.4 is 4.74 Å². The summed E-state index contributed by atoms with van der Waals surface area (Å²) in [6.45, 7) is 10.5. The number of hydrogen-bond donors (Lipinski definition) is 1. The van der Waals surface area contributed by atoms with E-state index in [0.29, 0.717) is 19.1 Å². The first-order valence-corrected chi connectivity index (χ1v) is 10.5. The van der Waals surface area contributed by atoms with Crippen molar-refractivity contribution in [1.82, 2.24) is 9.80 Å². The molecule has 0 saturated carbocycles. The van der Waals surface area contributed by atoms with Crippen molar-refractivity contribution in [2.75, 3.05) is 39.3 Å². The molecule has 1 fully saturated rings. The highest BCUT2D eigenvalue weighted by Crippen LogP contribution is 2.25. The topological polar surface area (TPSA) is 35.9 Å². The summed E-state index contributed by atoms with van der Waals surface area (Å²) in [6.07, 6.45) is 0.664. The third-order valence-electron chi connectivity index (χ3n) is 5.37. The first-order chi connectivity index (χ1) is 13.6. The number of rotatable bonds is 8. The van der Waals surface area contributed by atoms with Crippen LogP contribution in [0.15, 0.2) is 54.6 Å². The van der Waals surface area contributed by atoms with Crippen LogP contribution in [0.3, 0.4) is 0 Å². The minimum atomic E-state index is -0.471. The van der Waals surface area contributed by atoms with Crippen LogP contribution in [0, 0.1) is 0 Å². The van der Waals surface area contributed by atoms with Gasteiger partial charge in [-0.15, -0.1) is 0 Å². The van der Waals surface area contributed by atoms with Crippen LogP contribution in [0.25, 0.3) is 0 Å². The number of benzene rings is 2. The first kappa shape index (κ1) is 20.8. The molecule has 4 nitrogen and oxygen atoms in total. The molecule has 1 saturated heterocycles. The zero-order chi connectivity index (χ0) is 19.8. The minimum Gasteiger partial charge on any atom is -0.491 e. The highest BCUT2D eigenvalue weighted by Gasteiger charge is 2.18. The van der Waals surface area contributed by atoms with Gasteiger partial charge in [0.05, 0.1) is 0 Å². The van der Waals surface area contributed by atoms with Crippen LogP contribution in [-0.4, -0.2) is 60.3 Å². The lowest BCUT2D eigenvalue weighted by Crippen LogP contribution is -2.38. The maximum atomic E-state index is 10.5. The second-order valence-electron chi connectivity index (χ2n) is 8.07. The Bertz CT molecular complexity index is 705. The molecule has 1 heterocycles. The molecular formula is C24H34N2O2. The zero-order valence-corrected chi connectivity index (χ0v) is 17.3. The van der Waals surface area contributed by atoms with Crippen LogP contribution in [0.2, 0.25) is 0 Å². The fourth-order valence-corrected chi connectivity index (χ4v) is 3.83. The van der Waals surface area contributed by atoms with E-state index in [9.17, 15) is 5.11 Å².